The average molecular weight is 467 g/mol. The van der Waals surface area contributed by atoms with Gasteiger partial charge >= 0.3 is 0 Å². The van der Waals surface area contributed by atoms with E-state index in [0.717, 1.165) is 41.1 Å². The molecule has 0 aliphatic carbocycles. The Morgan fingerprint density at radius 1 is 0.971 bits per heavy atom. The van der Waals surface area contributed by atoms with Crippen molar-refractivity contribution in [2.75, 3.05) is 13.6 Å². The molecule has 0 aliphatic rings. The molecule has 0 spiro atoms. The molecule has 4 nitrogen and oxygen atoms in total. The summed E-state index contributed by atoms with van der Waals surface area (Å²) in [6.07, 6.45) is 2.50. The molecule has 0 aliphatic heterocycles. The molecule has 35 heavy (non-hydrogen) atoms. The van der Waals surface area contributed by atoms with Gasteiger partial charge < -0.3 is 16.0 Å². The highest BCUT2D eigenvalue weighted by Crippen LogP contribution is 2.41. The predicted molar refractivity (Wildman–Crippen MR) is 150 cm³/mol. The van der Waals surface area contributed by atoms with Gasteiger partial charge in [0.15, 0.2) is 5.54 Å². The lowest BCUT2D eigenvalue weighted by Crippen LogP contribution is -2.36. The second kappa shape index (κ2) is 12.1. The summed E-state index contributed by atoms with van der Waals surface area (Å²) in [6.45, 7) is 14.8. The summed E-state index contributed by atoms with van der Waals surface area (Å²) >= 11 is 0. The van der Waals surface area contributed by atoms with E-state index in [2.05, 4.69) is 92.8 Å². The smallest absolute Gasteiger partial charge is 0.151 e. The third-order valence-electron chi connectivity index (χ3n) is 6.28. The van der Waals surface area contributed by atoms with Crippen LogP contribution < -0.4 is 11.1 Å². The summed E-state index contributed by atoms with van der Waals surface area (Å²) < 4.78 is 0. The number of likely N-dealkylation sites (N-methyl/N-ethyl adjacent to an activating group) is 1. The van der Waals surface area contributed by atoms with E-state index in [4.69, 9.17) is 10.7 Å². The van der Waals surface area contributed by atoms with Gasteiger partial charge in [-0.2, -0.15) is 0 Å². The number of nitrogens with zero attached hydrogens (tertiary/aromatic N) is 2. The first-order valence-corrected chi connectivity index (χ1v) is 12.2. The molecule has 182 valence electrons. The van der Waals surface area contributed by atoms with Crippen molar-refractivity contribution in [3.63, 3.8) is 0 Å². The fraction of sp³-hybridized carbons (Fsp3) is 0.258. The first-order chi connectivity index (χ1) is 16.9. The summed E-state index contributed by atoms with van der Waals surface area (Å²) in [4.78, 5) is 6.99. The van der Waals surface area contributed by atoms with Gasteiger partial charge in [0.25, 0.3) is 0 Å². The van der Waals surface area contributed by atoms with Gasteiger partial charge in [-0.1, -0.05) is 106 Å². The van der Waals surface area contributed by atoms with E-state index in [0.29, 0.717) is 12.5 Å². The minimum absolute atomic E-state index is 0.659. The molecule has 0 atom stereocenters. The molecule has 3 aromatic rings. The molecule has 0 fully saturated rings. The molecule has 0 unspecified atom stereocenters. The van der Waals surface area contributed by atoms with E-state index in [1.165, 1.54) is 11.9 Å². The molecule has 0 bridgehead atoms. The largest absolute Gasteiger partial charge is 0.390 e. The molecule has 3 N–H and O–H groups in total. The van der Waals surface area contributed by atoms with E-state index in [1.807, 2.05) is 36.4 Å². The van der Waals surface area contributed by atoms with Gasteiger partial charge in [-0.3, -0.25) is 4.99 Å². The molecule has 0 radical (unpaired) electrons. The molecule has 0 amide bonds. The number of aliphatic imine (C=N–C) groups is 1. The van der Waals surface area contributed by atoms with Crippen LogP contribution in [0, 0.1) is 5.92 Å². The Bertz CT molecular complexity index is 1090. The van der Waals surface area contributed by atoms with Crippen LogP contribution in [0.1, 0.15) is 42.5 Å². The Morgan fingerprint density at radius 3 is 2.11 bits per heavy atom. The van der Waals surface area contributed by atoms with Crippen LogP contribution in [0.3, 0.4) is 0 Å². The molecule has 0 aromatic heterocycles. The van der Waals surface area contributed by atoms with Gasteiger partial charge in [-0.15, -0.1) is 0 Å². The molecule has 0 heterocycles. The maximum atomic E-state index is 5.92. The zero-order valence-corrected chi connectivity index (χ0v) is 21.2. The van der Waals surface area contributed by atoms with E-state index < -0.39 is 5.54 Å². The van der Waals surface area contributed by atoms with Crippen molar-refractivity contribution in [1.82, 2.24) is 10.2 Å². The first kappa shape index (κ1) is 25.8. The Balaban J connectivity index is 1.89. The molecular weight excluding hydrogens is 428 g/mol. The number of rotatable bonds is 12. The van der Waals surface area contributed by atoms with Crippen LogP contribution in [-0.2, 0) is 12.1 Å². The average Bonchev–Trinajstić information content (AvgIpc) is 2.88. The summed E-state index contributed by atoms with van der Waals surface area (Å²) in [5.74, 6) is 0.659. The summed E-state index contributed by atoms with van der Waals surface area (Å²) in [7, 11) is 2.05. The third kappa shape index (κ3) is 6.21. The lowest BCUT2D eigenvalue weighted by Gasteiger charge is -2.38. The Morgan fingerprint density at radius 2 is 1.57 bits per heavy atom. The lowest BCUT2D eigenvalue weighted by molar-refractivity contribution is 0.350. The lowest BCUT2D eigenvalue weighted by atomic mass is 9.80. The zero-order valence-electron chi connectivity index (χ0n) is 21.2. The van der Waals surface area contributed by atoms with Crippen LogP contribution >= 0.6 is 0 Å². The van der Waals surface area contributed by atoms with Crippen molar-refractivity contribution in [2.24, 2.45) is 16.6 Å². The quantitative estimate of drug-likeness (QED) is 0.248. The SMILES string of the molecule is C=C(NCCC(C)C)c1cccc(CN(C)C(=C)C(N=CN)(c2ccccc2)c2ccccc2)c1. The van der Waals surface area contributed by atoms with E-state index >= 15 is 0 Å². The molecular formula is C31H38N4. The second-order valence-corrected chi connectivity index (χ2v) is 9.31. The molecule has 0 saturated carbocycles. The van der Waals surface area contributed by atoms with Crippen molar-refractivity contribution in [3.8, 4) is 0 Å². The van der Waals surface area contributed by atoms with Crippen molar-refractivity contribution in [2.45, 2.75) is 32.4 Å². The highest BCUT2D eigenvalue weighted by molar-refractivity contribution is 5.62. The molecule has 3 rings (SSSR count). The Hall–Kier alpha value is -3.79. The van der Waals surface area contributed by atoms with Crippen molar-refractivity contribution >= 4 is 12.0 Å². The molecule has 0 saturated heterocycles. The third-order valence-corrected chi connectivity index (χ3v) is 6.28. The highest BCUT2D eigenvalue weighted by Gasteiger charge is 2.38. The van der Waals surface area contributed by atoms with Crippen molar-refractivity contribution in [3.05, 3.63) is 126 Å². The minimum atomic E-state index is -0.828. The van der Waals surface area contributed by atoms with E-state index in [9.17, 15) is 0 Å². The van der Waals surface area contributed by atoms with Crippen LogP contribution in [0.5, 0.6) is 0 Å². The van der Waals surface area contributed by atoms with Gasteiger partial charge in [0.05, 0.1) is 6.34 Å². The van der Waals surface area contributed by atoms with E-state index in [1.54, 1.807) is 0 Å². The van der Waals surface area contributed by atoms with Gasteiger partial charge in [-0.25, -0.2) is 0 Å². The van der Waals surface area contributed by atoms with Gasteiger partial charge in [0, 0.05) is 31.5 Å². The zero-order chi connectivity index (χ0) is 25.3. The van der Waals surface area contributed by atoms with Crippen LogP contribution in [0.25, 0.3) is 5.70 Å². The van der Waals surface area contributed by atoms with Crippen LogP contribution in [0.15, 0.2) is 109 Å². The monoisotopic (exact) mass is 466 g/mol. The standard InChI is InChI=1S/C31H38N4/c1-24(2)19-20-33-25(3)28-14-12-13-27(21-28)22-35(5)26(4)31(34-23-32,29-15-8-6-9-16-29)30-17-10-7-11-18-30/h6-18,21,23-24,33H,3-4,19-20,22H2,1-2,5H3,(H2,32,34). The normalized spacial score (nSPS) is 11.5. The summed E-state index contributed by atoms with van der Waals surface area (Å²) in [5, 5.41) is 3.46. The van der Waals surface area contributed by atoms with Crippen molar-refractivity contribution in [1.29, 1.82) is 0 Å². The first-order valence-electron chi connectivity index (χ1n) is 12.2. The van der Waals surface area contributed by atoms with Gasteiger partial charge in [-0.05, 0) is 40.7 Å². The maximum Gasteiger partial charge on any atom is 0.151 e. The number of benzene rings is 3. The fourth-order valence-corrected chi connectivity index (χ4v) is 4.31. The fourth-order valence-electron chi connectivity index (χ4n) is 4.31. The number of hydrogen-bond acceptors (Lipinski definition) is 3. The Kier molecular flexibility index (Phi) is 8.91. The summed E-state index contributed by atoms with van der Waals surface area (Å²) in [6, 6.07) is 28.9. The van der Waals surface area contributed by atoms with Crippen LogP contribution in [-0.4, -0.2) is 24.8 Å². The molecule has 4 heteroatoms. The topological polar surface area (TPSA) is 53.6 Å². The van der Waals surface area contributed by atoms with Gasteiger partial charge in [0.2, 0.25) is 0 Å². The molecule has 3 aromatic carbocycles. The Labute approximate surface area is 210 Å². The highest BCUT2D eigenvalue weighted by atomic mass is 15.1. The number of nitrogens with one attached hydrogen (secondary N) is 1. The summed E-state index contributed by atoms with van der Waals surface area (Å²) in [5.41, 5.74) is 11.2. The van der Waals surface area contributed by atoms with Crippen LogP contribution in [0.4, 0.5) is 0 Å². The van der Waals surface area contributed by atoms with Crippen molar-refractivity contribution < 1.29 is 0 Å². The van der Waals surface area contributed by atoms with E-state index in [-0.39, 0.29) is 0 Å². The minimum Gasteiger partial charge on any atom is -0.390 e. The number of nitrogens with two attached hydrogens (primary N) is 1. The van der Waals surface area contributed by atoms with Gasteiger partial charge in [0.1, 0.15) is 0 Å². The van der Waals surface area contributed by atoms with Crippen LogP contribution in [0.2, 0.25) is 0 Å². The number of hydrogen-bond donors (Lipinski definition) is 2. The second-order valence-electron chi connectivity index (χ2n) is 9.31. The predicted octanol–water partition coefficient (Wildman–Crippen LogP) is 6.17. The maximum absolute atomic E-state index is 5.92.